The zero-order chi connectivity index (χ0) is 32.3. The van der Waals surface area contributed by atoms with Gasteiger partial charge in [-0.2, -0.15) is 0 Å². The first-order chi connectivity index (χ1) is 24.3. The number of fused-ring (bicyclic) bond motifs is 7. The standard InChI is InChI=1S/C46H29NOS/c1-2-12-31(13-3-1)36-28-29-38-37-17-7-9-23-43(37)49-46(38)45(36)47(40-20-10-15-30-14-4-5-16-34(30)40)33-26-24-32(25-27-33)35-19-11-22-42-44(35)39-18-6-8-21-41(39)48-42/h1-29H. The van der Waals surface area contributed by atoms with E-state index in [0.717, 1.165) is 38.9 Å². The van der Waals surface area contributed by atoms with Crippen molar-refractivity contribution in [1.29, 1.82) is 0 Å². The highest BCUT2D eigenvalue weighted by Crippen LogP contribution is 2.51. The summed E-state index contributed by atoms with van der Waals surface area (Å²) in [4.78, 5) is 2.49. The third-order valence-electron chi connectivity index (χ3n) is 9.68. The molecule has 10 aromatic rings. The third-order valence-corrected chi connectivity index (χ3v) is 10.9. The lowest BCUT2D eigenvalue weighted by atomic mass is 9.97. The van der Waals surface area contributed by atoms with E-state index >= 15 is 0 Å². The highest BCUT2D eigenvalue weighted by Gasteiger charge is 2.24. The molecule has 0 amide bonds. The van der Waals surface area contributed by atoms with Gasteiger partial charge in [-0.1, -0.05) is 140 Å². The molecule has 2 aromatic heterocycles. The minimum Gasteiger partial charge on any atom is -0.456 e. The lowest BCUT2D eigenvalue weighted by molar-refractivity contribution is 0.669. The zero-order valence-corrected chi connectivity index (χ0v) is 27.3. The predicted octanol–water partition coefficient (Wildman–Crippen LogP) is 13.9. The molecule has 0 bridgehead atoms. The molecule has 0 aliphatic heterocycles. The summed E-state index contributed by atoms with van der Waals surface area (Å²) in [6.45, 7) is 0. The molecule has 0 aliphatic rings. The maximum Gasteiger partial charge on any atom is 0.136 e. The SMILES string of the molecule is c1ccc(-c2ccc3c(sc4ccccc43)c2N(c2ccc(-c3cccc4oc5ccccc5c34)cc2)c2cccc3ccccc23)cc1. The van der Waals surface area contributed by atoms with E-state index < -0.39 is 0 Å². The van der Waals surface area contributed by atoms with Crippen molar-refractivity contribution in [2.45, 2.75) is 0 Å². The van der Waals surface area contributed by atoms with Gasteiger partial charge in [0.25, 0.3) is 0 Å². The molecule has 0 radical (unpaired) electrons. The van der Waals surface area contributed by atoms with Crippen molar-refractivity contribution < 1.29 is 4.42 Å². The van der Waals surface area contributed by atoms with Gasteiger partial charge in [0.05, 0.1) is 16.1 Å². The van der Waals surface area contributed by atoms with Crippen LogP contribution in [-0.2, 0) is 0 Å². The van der Waals surface area contributed by atoms with E-state index in [0.29, 0.717) is 0 Å². The topological polar surface area (TPSA) is 16.4 Å². The number of furan rings is 1. The van der Waals surface area contributed by atoms with Crippen LogP contribution in [0.15, 0.2) is 180 Å². The summed E-state index contributed by atoms with van der Waals surface area (Å²) >= 11 is 1.87. The average Bonchev–Trinajstić information content (AvgIpc) is 3.75. The highest BCUT2D eigenvalue weighted by atomic mass is 32.1. The van der Waals surface area contributed by atoms with Crippen LogP contribution in [0, 0.1) is 0 Å². The quantitative estimate of drug-likeness (QED) is 0.186. The van der Waals surface area contributed by atoms with Crippen LogP contribution < -0.4 is 4.90 Å². The molecule has 0 saturated heterocycles. The Bertz CT molecular complexity index is 2820. The van der Waals surface area contributed by atoms with Gasteiger partial charge in [-0.25, -0.2) is 0 Å². The molecule has 8 aromatic carbocycles. The van der Waals surface area contributed by atoms with Gasteiger partial charge in [-0.15, -0.1) is 11.3 Å². The summed E-state index contributed by atoms with van der Waals surface area (Å²) in [7, 11) is 0. The van der Waals surface area contributed by atoms with Gasteiger partial charge in [0.2, 0.25) is 0 Å². The fourth-order valence-corrected chi connectivity index (χ4v) is 8.68. The van der Waals surface area contributed by atoms with Gasteiger partial charge in [0.15, 0.2) is 0 Å². The molecule has 0 unspecified atom stereocenters. The molecule has 10 rings (SSSR count). The molecule has 230 valence electrons. The van der Waals surface area contributed by atoms with Crippen molar-refractivity contribution in [3.63, 3.8) is 0 Å². The van der Waals surface area contributed by atoms with Crippen LogP contribution in [0.25, 0.3) is 75.1 Å². The minimum absolute atomic E-state index is 0.907. The Balaban J connectivity index is 1.26. The molecule has 0 atom stereocenters. The lowest BCUT2D eigenvalue weighted by Gasteiger charge is -2.30. The lowest BCUT2D eigenvalue weighted by Crippen LogP contribution is -2.12. The second-order valence-electron chi connectivity index (χ2n) is 12.5. The Morgan fingerprint density at radius 3 is 1.98 bits per heavy atom. The average molecular weight is 644 g/mol. The predicted molar refractivity (Wildman–Crippen MR) is 210 cm³/mol. The van der Waals surface area contributed by atoms with E-state index in [2.05, 4.69) is 169 Å². The van der Waals surface area contributed by atoms with Crippen molar-refractivity contribution in [1.82, 2.24) is 0 Å². The van der Waals surface area contributed by atoms with Crippen molar-refractivity contribution in [3.8, 4) is 22.3 Å². The van der Waals surface area contributed by atoms with Gasteiger partial charge in [-0.3, -0.25) is 0 Å². The molecule has 0 fully saturated rings. The summed E-state index contributed by atoms with van der Waals surface area (Å²) < 4.78 is 8.81. The summed E-state index contributed by atoms with van der Waals surface area (Å²) in [6, 6.07) is 63.3. The second kappa shape index (κ2) is 11.2. The second-order valence-corrected chi connectivity index (χ2v) is 13.5. The van der Waals surface area contributed by atoms with Gasteiger partial charge < -0.3 is 9.32 Å². The molecule has 2 heterocycles. The van der Waals surface area contributed by atoms with E-state index in [1.165, 1.54) is 53.3 Å². The largest absolute Gasteiger partial charge is 0.456 e. The van der Waals surface area contributed by atoms with E-state index in [1.54, 1.807) is 0 Å². The smallest absolute Gasteiger partial charge is 0.136 e. The normalized spacial score (nSPS) is 11.7. The fourth-order valence-electron chi connectivity index (χ4n) is 7.44. The number of thiophene rings is 1. The monoisotopic (exact) mass is 643 g/mol. The Morgan fingerprint density at radius 2 is 1.10 bits per heavy atom. The number of rotatable bonds is 5. The summed E-state index contributed by atoms with van der Waals surface area (Å²) in [5.74, 6) is 0. The molecular weight excluding hydrogens is 615 g/mol. The van der Waals surface area contributed by atoms with Gasteiger partial charge in [0.1, 0.15) is 11.2 Å². The van der Waals surface area contributed by atoms with Gasteiger partial charge in [-0.05, 0) is 58.5 Å². The first-order valence-corrected chi connectivity index (χ1v) is 17.4. The van der Waals surface area contributed by atoms with Crippen molar-refractivity contribution in [2.24, 2.45) is 0 Å². The zero-order valence-electron chi connectivity index (χ0n) is 26.5. The maximum atomic E-state index is 6.25. The molecule has 3 heteroatoms. The van der Waals surface area contributed by atoms with E-state index in [4.69, 9.17) is 4.42 Å². The van der Waals surface area contributed by atoms with Crippen LogP contribution in [0.1, 0.15) is 0 Å². The van der Waals surface area contributed by atoms with Crippen molar-refractivity contribution in [3.05, 3.63) is 176 Å². The van der Waals surface area contributed by atoms with Crippen LogP contribution in [-0.4, -0.2) is 0 Å². The molecule has 0 saturated carbocycles. The van der Waals surface area contributed by atoms with Crippen LogP contribution in [0.4, 0.5) is 17.1 Å². The third kappa shape index (κ3) is 4.47. The van der Waals surface area contributed by atoms with Crippen LogP contribution in [0.5, 0.6) is 0 Å². The molecule has 0 spiro atoms. The number of anilines is 3. The van der Waals surface area contributed by atoms with Crippen LogP contribution in [0.3, 0.4) is 0 Å². The Kier molecular flexibility index (Phi) is 6.39. The number of hydrogen-bond donors (Lipinski definition) is 0. The number of nitrogens with zero attached hydrogens (tertiary/aromatic N) is 1. The van der Waals surface area contributed by atoms with Crippen LogP contribution in [0.2, 0.25) is 0 Å². The molecule has 0 aliphatic carbocycles. The minimum atomic E-state index is 0.907. The molecular formula is C46H29NOS. The Hall–Kier alpha value is -6.16. The number of para-hydroxylation sites is 1. The van der Waals surface area contributed by atoms with Crippen LogP contribution >= 0.6 is 11.3 Å². The fraction of sp³-hybridized carbons (Fsp3) is 0. The maximum absolute atomic E-state index is 6.25. The van der Waals surface area contributed by atoms with Crippen molar-refractivity contribution >= 4 is 81.3 Å². The Labute approximate surface area is 287 Å². The summed E-state index contributed by atoms with van der Waals surface area (Å²) in [6.07, 6.45) is 0. The van der Waals surface area contributed by atoms with Gasteiger partial charge in [0, 0.05) is 42.9 Å². The number of benzene rings is 8. The molecule has 2 nitrogen and oxygen atoms in total. The van der Waals surface area contributed by atoms with Crippen molar-refractivity contribution in [2.75, 3.05) is 4.90 Å². The van der Waals surface area contributed by atoms with E-state index in [-0.39, 0.29) is 0 Å². The van der Waals surface area contributed by atoms with E-state index in [1.807, 2.05) is 23.5 Å². The van der Waals surface area contributed by atoms with Gasteiger partial charge >= 0.3 is 0 Å². The van der Waals surface area contributed by atoms with E-state index in [9.17, 15) is 0 Å². The Morgan fingerprint density at radius 1 is 0.429 bits per heavy atom. The molecule has 49 heavy (non-hydrogen) atoms. The first-order valence-electron chi connectivity index (χ1n) is 16.6. The summed E-state index contributed by atoms with van der Waals surface area (Å²) in [5.41, 5.74) is 9.98. The molecule has 0 N–H and O–H groups in total. The highest BCUT2D eigenvalue weighted by molar-refractivity contribution is 7.26. The number of hydrogen-bond acceptors (Lipinski definition) is 3. The first kappa shape index (κ1) is 27.9. The summed E-state index contributed by atoms with van der Waals surface area (Å²) in [5, 5.41) is 7.27.